The molecule has 2 amide bonds. The number of fused-ring (bicyclic) bond motifs is 1. The Bertz CT molecular complexity index is 918. The minimum Gasteiger partial charge on any atom is -0.454 e. The van der Waals surface area contributed by atoms with Gasteiger partial charge in [-0.05, 0) is 56.0 Å². The number of ether oxygens (including phenoxy) is 2. The number of carbonyl (C=O) groups excluding carboxylic acids is 2. The van der Waals surface area contributed by atoms with Gasteiger partial charge in [0.15, 0.2) is 11.5 Å². The maximum Gasteiger partial charge on any atom is 0.240 e. The summed E-state index contributed by atoms with van der Waals surface area (Å²) in [6.45, 7) is 4.51. The minimum atomic E-state index is -0.965. The molecule has 1 fully saturated rings. The lowest BCUT2D eigenvalue weighted by Crippen LogP contribution is -2.39. The first-order chi connectivity index (χ1) is 13.0. The van der Waals surface area contributed by atoms with E-state index in [-0.39, 0.29) is 18.6 Å². The Morgan fingerprint density at radius 1 is 1.00 bits per heavy atom. The quantitative estimate of drug-likeness (QED) is 0.798. The SMILES string of the molecule is Cc1ccc(NC(=O)C2(C(=O)NCc3ccc4c(c3)OCO4)CC2)c(C)c1. The van der Waals surface area contributed by atoms with Gasteiger partial charge in [0.1, 0.15) is 5.41 Å². The number of anilines is 1. The summed E-state index contributed by atoms with van der Waals surface area (Å²) in [5, 5.41) is 5.80. The summed E-state index contributed by atoms with van der Waals surface area (Å²) in [7, 11) is 0. The Morgan fingerprint density at radius 3 is 2.52 bits per heavy atom. The van der Waals surface area contributed by atoms with Crippen LogP contribution in [0, 0.1) is 19.3 Å². The van der Waals surface area contributed by atoms with Gasteiger partial charge in [0.25, 0.3) is 0 Å². The number of carbonyl (C=O) groups is 2. The number of rotatable bonds is 5. The largest absolute Gasteiger partial charge is 0.454 e. The van der Waals surface area contributed by atoms with Gasteiger partial charge in [-0.15, -0.1) is 0 Å². The lowest BCUT2D eigenvalue weighted by molar-refractivity contribution is -0.134. The zero-order valence-electron chi connectivity index (χ0n) is 15.4. The van der Waals surface area contributed by atoms with Crippen molar-refractivity contribution in [2.75, 3.05) is 12.1 Å². The van der Waals surface area contributed by atoms with E-state index in [2.05, 4.69) is 10.6 Å². The summed E-state index contributed by atoms with van der Waals surface area (Å²) >= 11 is 0. The molecule has 27 heavy (non-hydrogen) atoms. The molecule has 6 nitrogen and oxygen atoms in total. The third kappa shape index (κ3) is 3.35. The fraction of sp³-hybridized carbons (Fsp3) is 0.333. The molecule has 2 aromatic rings. The van der Waals surface area contributed by atoms with Gasteiger partial charge in [0.2, 0.25) is 18.6 Å². The zero-order valence-corrected chi connectivity index (χ0v) is 15.4. The first kappa shape index (κ1) is 17.4. The molecule has 1 aliphatic heterocycles. The van der Waals surface area contributed by atoms with Crippen molar-refractivity contribution in [1.82, 2.24) is 5.32 Å². The molecule has 2 aromatic carbocycles. The van der Waals surface area contributed by atoms with Crippen molar-refractivity contribution in [3.05, 3.63) is 53.1 Å². The number of hydrogen-bond donors (Lipinski definition) is 2. The van der Waals surface area contributed by atoms with Crippen molar-refractivity contribution in [1.29, 1.82) is 0 Å². The maximum atomic E-state index is 12.7. The van der Waals surface area contributed by atoms with Crippen LogP contribution in [0.5, 0.6) is 11.5 Å². The lowest BCUT2D eigenvalue weighted by Gasteiger charge is -2.17. The maximum absolute atomic E-state index is 12.7. The predicted molar refractivity (Wildman–Crippen MR) is 101 cm³/mol. The number of benzene rings is 2. The summed E-state index contributed by atoms with van der Waals surface area (Å²) in [6.07, 6.45) is 1.13. The standard InChI is InChI=1S/C21H22N2O4/c1-13-3-5-16(14(2)9-13)23-20(25)21(7-8-21)19(24)22-11-15-4-6-17-18(10-15)27-12-26-17/h3-6,9-10H,7-8,11-12H2,1-2H3,(H,22,24)(H,23,25). The Hall–Kier alpha value is -3.02. The van der Waals surface area contributed by atoms with Gasteiger partial charge in [-0.25, -0.2) is 0 Å². The van der Waals surface area contributed by atoms with Crippen LogP contribution in [0.3, 0.4) is 0 Å². The topological polar surface area (TPSA) is 76.7 Å². The van der Waals surface area contributed by atoms with Gasteiger partial charge in [-0.3, -0.25) is 9.59 Å². The van der Waals surface area contributed by atoms with Crippen LogP contribution in [-0.2, 0) is 16.1 Å². The van der Waals surface area contributed by atoms with E-state index in [0.29, 0.717) is 30.9 Å². The zero-order chi connectivity index (χ0) is 19.0. The van der Waals surface area contributed by atoms with Crippen LogP contribution in [0.25, 0.3) is 0 Å². The molecule has 1 saturated carbocycles. The molecule has 0 aromatic heterocycles. The molecule has 6 heteroatoms. The van der Waals surface area contributed by atoms with E-state index in [4.69, 9.17) is 9.47 Å². The first-order valence-corrected chi connectivity index (χ1v) is 9.03. The number of amides is 2. The van der Waals surface area contributed by atoms with E-state index in [1.807, 2.05) is 50.2 Å². The molecular formula is C21H22N2O4. The summed E-state index contributed by atoms with van der Waals surface area (Å²) in [5.74, 6) is 0.909. The minimum absolute atomic E-state index is 0.215. The van der Waals surface area contributed by atoms with Crippen LogP contribution in [-0.4, -0.2) is 18.6 Å². The van der Waals surface area contributed by atoms with E-state index in [1.165, 1.54) is 0 Å². The molecule has 0 bridgehead atoms. The highest BCUT2D eigenvalue weighted by Gasteiger charge is 2.56. The average molecular weight is 366 g/mol. The van der Waals surface area contributed by atoms with E-state index < -0.39 is 5.41 Å². The highest BCUT2D eigenvalue weighted by Crippen LogP contribution is 2.47. The average Bonchev–Trinajstić information content (AvgIpc) is 3.34. The van der Waals surface area contributed by atoms with Crippen LogP contribution in [0.2, 0.25) is 0 Å². The van der Waals surface area contributed by atoms with Crippen LogP contribution in [0.15, 0.2) is 36.4 Å². The fourth-order valence-electron chi connectivity index (χ4n) is 3.28. The number of hydrogen-bond acceptors (Lipinski definition) is 4. The molecule has 1 heterocycles. The highest BCUT2D eigenvalue weighted by molar-refractivity contribution is 6.13. The second-order valence-corrected chi connectivity index (χ2v) is 7.22. The van der Waals surface area contributed by atoms with Gasteiger partial charge < -0.3 is 20.1 Å². The van der Waals surface area contributed by atoms with E-state index in [9.17, 15) is 9.59 Å². The van der Waals surface area contributed by atoms with Crippen LogP contribution >= 0.6 is 0 Å². The van der Waals surface area contributed by atoms with Crippen molar-refractivity contribution in [3.8, 4) is 11.5 Å². The Morgan fingerprint density at radius 2 is 1.78 bits per heavy atom. The Balaban J connectivity index is 1.39. The molecule has 2 aliphatic rings. The number of nitrogens with one attached hydrogen (secondary N) is 2. The van der Waals surface area contributed by atoms with E-state index >= 15 is 0 Å². The van der Waals surface area contributed by atoms with Crippen molar-refractivity contribution in [2.45, 2.75) is 33.2 Å². The molecule has 4 rings (SSSR count). The second kappa shape index (κ2) is 6.61. The number of aryl methyl sites for hydroxylation is 2. The van der Waals surface area contributed by atoms with Crippen LogP contribution < -0.4 is 20.1 Å². The second-order valence-electron chi connectivity index (χ2n) is 7.22. The summed E-state index contributed by atoms with van der Waals surface area (Å²) in [5.41, 5.74) is 2.81. The smallest absolute Gasteiger partial charge is 0.240 e. The van der Waals surface area contributed by atoms with Gasteiger partial charge in [-0.1, -0.05) is 23.8 Å². The van der Waals surface area contributed by atoms with Crippen molar-refractivity contribution in [2.24, 2.45) is 5.41 Å². The normalized spacial score (nSPS) is 15.9. The molecule has 0 unspecified atom stereocenters. The van der Waals surface area contributed by atoms with Gasteiger partial charge in [0.05, 0.1) is 0 Å². The Kier molecular flexibility index (Phi) is 4.26. The summed E-state index contributed by atoms with van der Waals surface area (Å²) < 4.78 is 10.6. The fourth-order valence-corrected chi connectivity index (χ4v) is 3.28. The summed E-state index contributed by atoms with van der Waals surface area (Å²) in [4.78, 5) is 25.4. The monoisotopic (exact) mass is 366 g/mol. The lowest BCUT2D eigenvalue weighted by atomic mass is 10.0. The van der Waals surface area contributed by atoms with Crippen molar-refractivity contribution < 1.29 is 19.1 Å². The highest BCUT2D eigenvalue weighted by atomic mass is 16.7. The van der Waals surface area contributed by atoms with Crippen molar-refractivity contribution >= 4 is 17.5 Å². The molecule has 140 valence electrons. The predicted octanol–water partition coefficient (Wildman–Crippen LogP) is 3.07. The van der Waals surface area contributed by atoms with Crippen molar-refractivity contribution in [3.63, 3.8) is 0 Å². The molecule has 2 N–H and O–H groups in total. The van der Waals surface area contributed by atoms with E-state index in [0.717, 1.165) is 22.4 Å². The van der Waals surface area contributed by atoms with Crippen LogP contribution in [0.1, 0.15) is 29.5 Å². The third-order valence-electron chi connectivity index (χ3n) is 5.14. The molecule has 0 spiro atoms. The van der Waals surface area contributed by atoms with Gasteiger partial charge in [0, 0.05) is 12.2 Å². The molecule has 0 atom stereocenters. The van der Waals surface area contributed by atoms with Gasteiger partial charge in [-0.2, -0.15) is 0 Å². The Labute approximate surface area is 157 Å². The molecule has 1 aliphatic carbocycles. The first-order valence-electron chi connectivity index (χ1n) is 9.03. The molecule has 0 radical (unpaired) electrons. The van der Waals surface area contributed by atoms with E-state index in [1.54, 1.807) is 0 Å². The molecular weight excluding hydrogens is 344 g/mol. The third-order valence-corrected chi connectivity index (χ3v) is 5.14. The van der Waals surface area contributed by atoms with Crippen LogP contribution in [0.4, 0.5) is 5.69 Å². The summed E-state index contributed by atoms with van der Waals surface area (Å²) in [6, 6.07) is 11.4. The molecule has 0 saturated heterocycles. The van der Waals surface area contributed by atoms with Gasteiger partial charge >= 0.3 is 0 Å².